The van der Waals surface area contributed by atoms with Crippen LogP contribution >= 0.6 is 11.3 Å². The van der Waals surface area contributed by atoms with Crippen LogP contribution in [0.25, 0.3) is 16.5 Å². The number of aryl methyl sites for hydroxylation is 1. The van der Waals surface area contributed by atoms with Gasteiger partial charge in [-0.1, -0.05) is 11.2 Å². The Balaban J connectivity index is 2.66. The van der Waals surface area contributed by atoms with Gasteiger partial charge in [-0.15, -0.1) is 11.3 Å². The maximum Gasteiger partial charge on any atom is 0.350 e. The molecule has 0 unspecified atom stereocenters. The van der Waals surface area contributed by atoms with E-state index in [1.807, 2.05) is 12.2 Å². The molecule has 0 aromatic carbocycles. The Morgan fingerprint density at radius 1 is 1.67 bits per heavy atom. The van der Waals surface area contributed by atoms with Crippen LogP contribution in [-0.4, -0.2) is 24.1 Å². The predicted octanol–water partition coefficient (Wildman–Crippen LogP) is 3.34. The first-order valence-corrected chi connectivity index (χ1v) is 6.32. The van der Waals surface area contributed by atoms with Crippen molar-refractivity contribution in [3.63, 3.8) is 0 Å². The summed E-state index contributed by atoms with van der Waals surface area (Å²) in [5, 5.41) is 4.16. The summed E-state index contributed by atoms with van der Waals surface area (Å²) >= 11 is 1.30. The molecule has 0 aliphatic rings. The fourth-order valence-electron chi connectivity index (χ4n) is 1.24. The number of hydrogen-bond acceptors (Lipinski definition) is 5. The Labute approximate surface area is 109 Å². The maximum atomic E-state index is 11.6. The van der Waals surface area contributed by atoms with Crippen molar-refractivity contribution < 1.29 is 9.53 Å². The van der Waals surface area contributed by atoms with Gasteiger partial charge in [0.25, 0.3) is 0 Å². The van der Waals surface area contributed by atoms with Crippen LogP contribution in [0.2, 0.25) is 0 Å². The topological polar surface area (TPSA) is 88.0 Å². The second-order valence-corrected chi connectivity index (χ2v) is 4.36. The third-order valence-electron chi connectivity index (χ3n) is 1.99. The highest BCUT2D eigenvalue weighted by Gasteiger charge is 2.14. The van der Waals surface area contributed by atoms with E-state index in [2.05, 4.69) is 15.0 Å². The summed E-state index contributed by atoms with van der Waals surface area (Å²) < 4.78 is 4.93. The van der Waals surface area contributed by atoms with E-state index in [1.54, 1.807) is 13.8 Å². The number of azide groups is 1. The summed E-state index contributed by atoms with van der Waals surface area (Å²) in [4.78, 5) is 19.0. The molecule has 0 aliphatic heterocycles. The highest BCUT2D eigenvalue weighted by atomic mass is 32.1. The zero-order valence-electron chi connectivity index (χ0n) is 10.3. The zero-order valence-corrected chi connectivity index (χ0v) is 11.1. The first-order valence-electron chi connectivity index (χ1n) is 5.51. The van der Waals surface area contributed by atoms with E-state index in [0.29, 0.717) is 30.1 Å². The number of thiazole rings is 1. The minimum absolute atomic E-state index is 0.332. The Hall–Kier alpha value is -1.85. The van der Waals surface area contributed by atoms with Crippen LogP contribution in [0.1, 0.15) is 33.7 Å². The van der Waals surface area contributed by atoms with Gasteiger partial charge in [-0.05, 0) is 31.9 Å². The van der Waals surface area contributed by atoms with E-state index < -0.39 is 0 Å². The van der Waals surface area contributed by atoms with Crippen molar-refractivity contribution in [2.45, 2.75) is 20.3 Å². The molecule has 1 rings (SSSR count). The van der Waals surface area contributed by atoms with Gasteiger partial charge in [-0.25, -0.2) is 9.78 Å². The molecule has 0 aliphatic carbocycles. The molecule has 96 valence electrons. The second kappa shape index (κ2) is 7.47. The van der Waals surface area contributed by atoms with Gasteiger partial charge in [0, 0.05) is 11.5 Å². The van der Waals surface area contributed by atoms with E-state index in [4.69, 9.17) is 10.3 Å². The number of aromatic nitrogens is 1. The number of nitrogens with zero attached hydrogens (tertiary/aromatic N) is 4. The predicted molar refractivity (Wildman–Crippen MR) is 70.5 cm³/mol. The minimum atomic E-state index is -0.332. The summed E-state index contributed by atoms with van der Waals surface area (Å²) in [6, 6.07) is 0. The van der Waals surface area contributed by atoms with Gasteiger partial charge >= 0.3 is 5.97 Å². The van der Waals surface area contributed by atoms with Gasteiger partial charge in [0.2, 0.25) is 0 Å². The summed E-state index contributed by atoms with van der Waals surface area (Å²) in [5.74, 6) is -0.332. The molecule has 6 nitrogen and oxygen atoms in total. The molecule has 0 spiro atoms. The smallest absolute Gasteiger partial charge is 0.350 e. The van der Waals surface area contributed by atoms with Crippen molar-refractivity contribution in [3.05, 3.63) is 32.1 Å². The fourth-order valence-corrected chi connectivity index (χ4v) is 2.13. The molecule has 0 fully saturated rings. The molecule has 0 saturated carbocycles. The highest BCUT2D eigenvalue weighted by molar-refractivity contribution is 7.14. The summed E-state index contributed by atoms with van der Waals surface area (Å²) in [5.41, 5.74) is 8.78. The standard InChI is InChI=1S/C11H14N4O2S/c1-3-17-11(16)10-8(2)14-9(18-10)6-4-5-7-13-15-12/h4,6H,3,5,7H2,1-2H3. The van der Waals surface area contributed by atoms with Crippen molar-refractivity contribution in [2.24, 2.45) is 5.11 Å². The lowest BCUT2D eigenvalue weighted by Gasteiger charge is -1.97. The molecule has 0 radical (unpaired) electrons. The quantitative estimate of drug-likeness (QED) is 0.260. The van der Waals surface area contributed by atoms with Gasteiger partial charge in [0.15, 0.2) is 0 Å². The van der Waals surface area contributed by atoms with Crippen molar-refractivity contribution in [3.8, 4) is 0 Å². The van der Waals surface area contributed by atoms with Crippen LogP contribution < -0.4 is 0 Å². The first-order chi connectivity index (χ1) is 8.69. The Morgan fingerprint density at radius 2 is 2.44 bits per heavy atom. The number of ether oxygens (including phenoxy) is 1. The van der Waals surface area contributed by atoms with Crippen LogP contribution in [0.4, 0.5) is 0 Å². The number of rotatable bonds is 6. The first kappa shape index (κ1) is 14.2. The van der Waals surface area contributed by atoms with E-state index in [0.717, 1.165) is 5.01 Å². The lowest BCUT2D eigenvalue weighted by Crippen LogP contribution is -2.03. The van der Waals surface area contributed by atoms with E-state index in [1.165, 1.54) is 11.3 Å². The lowest BCUT2D eigenvalue weighted by molar-refractivity contribution is 0.0531. The van der Waals surface area contributed by atoms with Gasteiger partial charge in [-0.2, -0.15) is 0 Å². The largest absolute Gasteiger partial charge is 0.462 e. The molecule has 0 bridgehead atoms. The van der Waals surface area contributed by atoms with Crippen molar-refractivity contribution in [1.29, 1.82) is 0 Å². The van der Waals surface area contributed by atoms with Gasteiger partial charge in [0.05, 0.1) is 12.3 Å². The Bertz CT molecular complexity index is 489. The van der Waals surface area contributed by atoms with Crippen molar-refractivity contribution in [2.75, 3.05) is 13.2 Å². The summed E-state index contributed by atoms with van der Waals surface area (Å²) in [6.07, 6.45) is 4.33. The number of hydrogen-bond donors (Lipinski definition) is 0. The fraction of sp³-hybridized carbons (Fsp3) is 0.455. The molecule has 1 aromatic rings. The normalized spacial score (nSPS) is 10.3. The molecule has 0 N–H and O–H groups in total. The number of carbonyl (C=O) groups is 1. The molecule has 0 atom stereocenters. The van der Waals surface area contributed by atoms with Crippen LogP contribution in [0.5, 0.6) is 0 Å². The Kier molecular flexibility index (Phi) is 5.90. The van der Waals surface area contributed by atoms with E-state index >= 15 is 0 Å². The molecule has 1 aromatic heterocycles. The Morgan fingerprint density at radius 3 is 3.11 bits per heavy atom. The third kappa shape index (κ3) is 4.20. The molecule has 0 saturated heterocycles. The number of esters is 1. The number of carbonyl (C=O) groups excluding carboxylic acids is 1. The average molecular weight is 266 g/mol. The second-order valence-electron chi connectivity index (χ2n) is 3.33. The van der Waals surface area contributed by atoms with Gasteiger partial charge in [-0.3, -0.25) is 0 Å². The molecular formula is C11H14N4O2S. The van der Waals surface area contributed by atoms with E-state index in [-0.39, 0.29) is 5.97 Å². The maximum absolute atomic E-state index is 11.6. The third-order valence-corrected chi connectivity index (χ3v) is 3.10. The molecule has 18 heavy (non-hydrogen) atoms. The van der Waals surface area contributed by atoms with Gasteiger partial charge in [0.1, 0.15) is 9.88 Å². The van der Waals surface area contributed by atoms with Crippen LogP contribution in [0.3, 0.4) is 0 Å². The molecule has 7 heteroatoms. The highest BCUT2D eigenvalue weighted by Crippen LogP contribution is 2.20. The van der Waals surface area contributed by atoms with Gasteiger partial charge < -0.3 is 4.74 Å². The minimum Gasteiger partial charge on any atom is -0.462 e. The summed E-state index contributed by atoms with van der Waals surface area (Å²) in [7, 11) is 0. The molecule has 0 amide bonds. The lowest BCUT2D eigenvalue weighted by atomic mass is 10.4. The monoisotopic (exact) mass is 266 g/mol. The van der Waals surface area contributed by atoms with Crippen LogP contribution in [0, 0.1) is 6.92 Å². The zero-order chi connectivity index (χ0) is 13.4. The average Bonchev–Trinajstić information content (AvgIpc) is 2.71. The van der Waals surface area contributed by atoms with Crippen LogP contribution in [-0.2, 0) is 4.74 Å². The van der Waals surface area contributed by atoms with E-state index in [9.17, 15) is 4.79 Å². The van der Waals surface area contributed by atoms with Crippen molar-refractivity contribution in [1.82, 2.24) is 4.98 Å². The van der Waals surface area contributed by atoms with Crippen molar-refractivity contribution >= 4 is 23.4 Å². The molecule has 1 heterocycles. The molecular weight excluding hydrogens is 252 g/mol. The SMILES string of the molecule is CCOC(=O)c1sc(C=CCCN=[N+]=[N-])nc1C. The van der Waals surface area contributed by atoms with Crippen LogP contribution in [0.15, 0.2) is 11.2 Å². The summed E-state index contributed by atoms with van der Waals surface area (Å²) in [6.45, 7) is 4.32.